The number of phenolic OH excluding ortho intramolecular Hbond substituents is 1. The maximum absolute atomic E-state index is 11.6. The first kappa shape index (κ1) is 31.8. The van der Waals surface area contributed by atoms with Gasteiger partial charge >= 0.3 is 0 Å². The minimum absolute atomic E-state index is 0.000261. The van der Waals surface area contributed by atoms with E-state index < -0.39 is 6.10 Å². The van der Waals surface area contributed by atoms with Crippen LogP contribution in [0.3, 0.4) is 0 Å². The molecule has 0 amide bonds. The number of halogens is 1. The maximum atomic E-state index is 11.6. The molecule has 0 saturated carbocycles. The van der Waals surface area contributed by atoms with Gasteiger partial charge in [0.15, 0.2) is 0 Å². The molecule has 1 heterocycles. The maximum Gasteiger partial charge on any atom is 0.248 e. The lowest BCUT2D eigenvalue weighted by Gasteiger charge is -2.20. The van der Waals surface area contributed by atoms with Crippen LogP contribution in [0.15, 0.2) is 82.1 Å². The molecule has 2 unspecified atom stereocenters. The topological polar surface area (TPSA) is 107 Å². The molecule has 5 N–H and O–H groups in total. The number of H-pyrrole nitrogens is 1. The summed E-state index contributed by atoms with van der Waals surface area (Å²) in [6, 6.07) is 23.0. The molecule has 0 fully saturated rings. The van der Waals surface area contributed by atoms with Gasteiger partial charge in [-0.1, -0.05) is 84.4 Å². The van der Waals surface area contributed by atoms with Crippen LogP contribution >= 0.6 is 15.9 Å². The summed E-state index contributed by atoms with van der Waals surface area (Å²) in [5.74, 6) is 0.898. The Morgan fingerprint density at radius 1 is 0.881 bits per heavy atom. The van der Waals surface area contributed by atoms with Gasteiger partial charge in [-0.25, -0.2) is 0 Å². The van der Waals surface area contributed by atoms with Crippen molar-refractivity contribution in [3.05, 3.63) is 104 Å². The summed E-state index contributed by atoms with van der Waals surface area (Å²) in [4.78, 5) is 14.2. The molecule has 42 heavy (non-hydrogen) atoms. The lowest BCUT2D eigenvalue weighted by molar-refractivity contribution is 0.176. The van der Waals surface area contributed by atoms with Crippen LogP contribution in [-0.2, 0) is 0 Å². The molecular formula is C34H42BrN3O4. The first-order valence-electron chi connectivity index (χ1n) is 14.9. The van der Waals surface area contributed by atoms with Crippen LogP contribution in [0.25, 0.3) is 10.9 Å². The minimum atomic E-state index is -0.723. The number of benzene rings is 3. The van der Waals surface area contributed by atoms with Crippen LogP contribution in [0.2, 0.25) is 0 Å². The average molecular weight is 637 g/mol. The molecule has 224 valence electrons. The van der Waals surface area contributed by atoms with E-state index in [1.807, 2.05) is 19.2 Å². The Balaban J connectivity index is 1.07. The zero-order chi connectivity index (χ0) is 29.7. The van der Waals surface area contributed by atoms with E-state index in [-0.39, 0.29) is 17.4 Å². The number of hydrogen-bond donors (Lipinski definition) is 5. The Kier molecular flexibility index (Phi) is 12.4. The molecule has 3 aromatic carbocycles. The summed E-state index contributed by atoms with van der Waals surface area (Å²) in [6.45, 7) is 1.97. The molecule has 8 heteroatoms. The first-order chi connectivity index (χ1) is 20.5. The number of unbranched alkanes of at least 4 members (excludes halogenated alkanes) is 6. The van der Waals surface area contributed by atoms with E-state index >= 15 is 0 Å². The Morgan fingerprint density at radius 3 is 2.38 bits per heavy atom. The lowest BCUT2D eigenvalue weighted by Crippen LogP contribution is -2.22. The highest BCUT2D eigenvalue weighted by molar-refractivity contribution is 9.10. The Morgan fingerprint density at radius 2 is 1.62 bits per heavy atom. The van der Waals surface area contributed by atoms with Crippen molar-refractivity contribution in [1.82, 2.24) is 15.6 Å². The van der Waals surface area contributed by atoms with Gasteiger partial charge in [0.2, 0.25) is 5.56 Å². The molecule has 7 nitrogen and oxygen atoms in total. The van der Waals surface area contributed by atoms with Crippen molar-refractivity contribution in [3.63, 3.8) is 0 Å². The standard InChI is InChI=1S/C34H42BrN3O4/c1-36-33(24-12-8-7-9-13-24)28-22-25(14-17-29(28)35)42-21-11-6-4-2-3-5-10-20-37-23-31(40)26-15-18-30(39)34-27(26)16-19-32(41)38-34/h7-9,12-19,22,31,33,36-37,39-40H,2-6,10-11,20-21,23H2,1H3,(H,38,41). The largest absolute Gasteiger partial charge is 0.506 e. The van der Waals surface area contributed by atoms with Gasteiger partial charge in [-0.15, -0.1) is 0 Å². The number of rotatable bonds is 17. The van der Waals surface area contributed by atoms with Crippen molar-refractivity contribution in [3.8, 4) is 11.5 Å². The van der Waals surface area contributed by atoms with Gasteiger partial charge < -0.3 is 30.6 Å². The van der Waals surface area contributed by atoms with Gasteiger partial charge in [-0.3, -0.25) is 4.79 Å². The smallest absolute Gasteiger partial charge is 0.248 e. The van der Waals surface area contributed by atoms with Crippen molar-refractivity contribution in [1.29, 1.82) is 0 Å². The number of ether oxygens (including phenoxy) is 1. The predicted molar refractivity (Wildman–Crippen MR) is 173 cm³/mol. The summed E-state index contributed by atoms with van der Waals surface area (Å²) in [5.41, 5.74) is 3.14. The molecule has 0 bridgehead atoms. The van der Waals surface area contributed by atoms with Crippen LogP contribution < -0.4 is 20.9 Å². The molecule has 0 aliphatic carbocycles. The summed E-state index contributed by atoms with van der Waals surface area (Å²) >= 11 is 3.71. The van der Waals surface area contributed by atoms with Crippen molar-refractivity contribution in [2.75, 3.05) is 26.7 Å². The van der Waals surface area contributed by atoms with Gasteiger partial charge in [0.05, 0.1) is 24.3 Å². The van der Waals surface area contributed by atoms with Crippen LogP contribution in [0.5, 0.6) is 11.5 Å². The molecule has 1 aromatic heterocycles. The van der Waals surface area contributed by atoms with Crippen LogP contribution in [0, 0.1) is 0 Å². The van der Waals surface area contributed by atoms with E-state index in [2.05, 4.69) is 67.9 Å². The monoisotopic (exact) mass is 635 g/mol. The third-order valence-corrected chi connectivity index (χ3v) is 8.29. The van der Waals surface area contributed by atoms with Gasteiger partial charge in [-0.05, 0) is 73.5 Å². The van der Waals surface area contributed by atoms with E-state index in [9.17, 15) is 15.0 Å². The van der Waals surface area contributed by atoms with Gasteiger partial charge in [0, 0.05) is 22.5 Å². The summed E-state index contributed by atoms with van der Waals surface area (Å²) in [6.07, 6.45) is 7.29. The number of aromatic hydroxyl groups is 1. The summed E-state index contributed by atoms with van der Waals surface area (Å²) < 4.78 is 7.15. The highest BCUT2D eigenvalue weighted by Gasteiger charge is 2.16. The van der Waals surface area contributed by atoms with E-state index in [4.69, 9.17) is 4.74 Å². The number of phenols is 1. The lowest BCUT2D eigenvalue weighted by atomic mass is 9.99. The number of nitrogens with one attached hydrogen (secondary N) is 3. The summed E-state index contributed by atoms with van der Waals surface area (Å²) in [7, 11) is 1.98. The molecule has 0 spiro atoms. The molecule has 0 aliphatic rings. The quantitative estimate of drug-likeness (QED) is 0.0823. The van der Waals surface area contributed by atoms with Crippen molar-refractivity contribution in [2.45, 2.75) is 57.1 Å². The SMILES string of the molecule is CNC(c1ccccc1)c1cc(OCCCCCCCCCNCC(O)c2ccc(O)c3[nH]c(=O)ccc23)ccc1Br. The predicted octanol–water partition coefficient (Wildman–Crippen LogP) is 6.74. The van der Waals surface area contributed by atoms with Crippen molar-refractivity contribution < 1.29 is 14.9 Å². The first-order valence-corrected chi connectivity index (χ1v) is 15.7. The fourth-order valence-electron chi connectivity index (χ4n) is 5.30. The molecule has 2 atom stereocenters. The molecular weight excluding hydrogens is 594 g/mol. The Hall–Kier alpha value is -3.17. The summed E-state index contributed by atoms with van der Waals surface area (Å²) in [5, 5.41) is 28.1. The van der Waals surface area contributed by atoms with Crippen LogP contribution in [0.1, 0.15) is 73.8 Å². The van der Waals surface area contributed by atoms with E-state index in [0.29, 0.717) is 23.0 Å². The fourth-order valence-corrected chi connectivity index (χ4v) is 5.78. The normalized spacial score (nSPS) is 12.8. The Bertz CT molecular complexity index is 1460. The van der Waals surface area contributed by atoms with Crippen molar-refractivity contribution >= 4 is 26.8 Å². The zero-order valence-corrected chi connectivity index (χ0v) is 25.8. The highest BCUT2D eigenvalue weighted by atomic mass is 79.9. The molecule has 4 rings (SSSR count). The van der Waals surface area contributed by atoms with Gasteiger partial charge in [-0.2, -0.15) is 0 Å². The number of aliphatic hydroxyl groups is 1. The number of aromatic nitrogens is 1. The zero-order valence-electron chi connectivity index (χ0n) is 24.2. The molecule has 4 aromatic rings. The average Bonchev–Trinajstić information content (AvgIpc) is 3.00. The van der Waals surface area contributed by atoms with Crippen LogP contribution in [0.4, 0.5) is 0 Å². The second kappa shape index (κ2) is 16.5. The number of pyridine rings is 1. The molecule has 0 aliphatic heterocycles. The minimum Gasteiger partial charge on any atom is -0.506 e. The second-order valence-electron chi connectivity index (χ2n) is 10.6. The molecule has 0 saturated heterocycles. The number of hydrogen-bond acceptors (Lipinski definition) is 6. The van der Waals surface area contributed by atoms with Crippen LogP contribution in [-0.4, -0.2) is 41.9 Å². The van der Waals surface area contributed by atoms with Gasteiger partial charge in [0.1, 0.15) is 11.5 Å². The van der Waals surface area contributed by atoms with E-state index in [1.54, 1.807) is 12.1 Å². The molecule has 0 radical (unpaired) electrons. The number of aromatic amines is 1. The third kappa shape index (κ3) is 8.91. The third-order valence-electron chi connectivity index (χ3n) is 7.57. The highest BCUT2D eigenvalue weighted by Crippen LogP contribution is 2.32. The fraction of sp³-hybridized carbons (Fsp3) is 0.382. The number of fused-ring (bicyclic) bond motifs is 1. The number of aliphatic hydroxyl groups excluding tert-OH is 1. The Labute approximate surface area is 256 Å². The van der Waals surface area contributed by atoms with E-state index in [1.165, 1.54) is 37.0 Å². The van der Waals surface area contributed by atoms with Gasteiger partial charge in [0.25, 0.3) is 0 Å². The van der Waals surface area contributed by atoms with E-state index in [0.717, 1.165) is 54.6 Å². The second-order valence-corrected chi connectivity index (χ2v) is 11.5. The van der Waals surface area contributed by atoms with Crippen molar-refractivity contribution in [2.24, 2.45) is 0 Å².